The van der Waals surface area contributed by atoms with E-state index in [1.807, 2.05) is 30.3 Å². The molecule has 0 saturated heterocycles. The van der Waals surface area contributed by atoms with Crippen molar-refractivity contribution in [1.29, 1.82) is 0 Å². The van der Waals surface area contributed by atoms with Crippen LogP contribution in [-0.2, 0) is 0 Å². The van der Waals surface area contributed by atoms with Gasteiger partial charge in [0, 0.05) is 19.7 Å². The SMILES string of the molecule is CN(C)C(=O)c1noc(-c2ccccc2)c1Br. The average Bonchev–Trinajstić information content (AvgIpc) is 2.71. The third-order valence-electron chi connectivity index (χ3n) is 2.28. The Bertz CT molecular complexity index is 535. The molecular weight excluding hydrogens is 284 g/mol. The Morgan fingerprint density at radius 2 is 1.94 bits per heavy atom. The van der Waals surface area contributed by atoms with E-state index in [0.717, 1.165) is 5.56 Å². The Morgan fingerprint density at radius 1 is 1.29 bits per heavy atom. The highest BCUT2D eigenvalue weighted by atomic mass is 79.9. The van der Waals surface area contributed by atoms with Gasteiger partial charge in [0.2, 0.25) is 0 Å². The summed E-state index contributed by atoms with van der Waals surface area (Å²) in [6.45, 7) is 0. The fraction of sp³-hybridized carbons (Fsp3) is 0.167. The minimum Gasteiger partial charge on any atom is -0.354 e. The van der Waals surface area contributed by atoms with Gasteiger partial charge in [-0.3, -0.25) is 4.79 Å². The zero-order valence-electron chi connectivity index (χ0n) is 9.48. The molecule has 0 aliphatic heterocycles. The summed E-state index contributed by atoms with van der Waals surface area (Å²) in [6, 6.07) is 9.51. The first-order valence-electron chi connectivity index (χ1n) is 5.03. The number of benzene rings is 1. The predicted octanol–water partition coefficient (Wildman–Crippen LogP) is 2.81. The fourth-order valence-electron chi connectivity index (χ4n) is 1.39. The van der Waals surface area contributed by atoms with E-state index in [2.05, 4.69) is 21.1 Å². The van der Waals surface area contributed by atoms with Crippen LogP contribution in [0.5, 0.6) is 0 Å². The lowest BCUT2D eigenvalue weighted by Crippen LogP contribution is -2.22. The van der Waals surface area contributed by atoms with Gasteiger partial charge in [-0.1, -0.05) is 35.5 Å². The van der Waals surface area contributed by atoms with Gasteiger partial charge in [0.15, 0.2) is 11.5 Å². The Hall–Kier alpha value is -1.62. The van der Waals surface area contributed by atoms with Gasteiger partial charge in [0.05, 0.1) is 4.47 Å². The second-order valence-corrected chi connectivity index (χ2v) is 4.53. The molecule has 1 aromatic carbocycles. The number of carbonyl (C=O) groups is 1. The standard InChI is InChI=1S/C12H11BrN2O2/c1-15(2)12(16)10-9(13)11(17-14-10)8-6-4-3-5-7-8/h3-7H,1-2H3. The highest BCUT2D eigenvalue weighted by Gasteiger charge is 2.21. The zero-order valence-corrected chi connectivity index (χ0v) is 11.1. The highest BCUT2D eigenvalue weighted by molar-refractivity contribution is 9.10. The fourth-order valence-corrected chi connectivity index (χ4v) is 1.94. The van der Waals surface area contributed by atoms with Crippen LogP contribution in [-0.4, -0.2) is 30.1 Å². The monoisotopic (exact) mass is 294 g/mol. The summed E-state index contributed by atoms with van der Waals surface area (Å²) >= 11 is 3.35. The van der Waals surface area contributed by atoms with Crippen molar-refractivity contribution < 1.29 is 9.32 Å². The van der Waals surface area contributed by atoms with Crippen LogP contribution >= 0.6 is 15.9 Å². The summed E-state index contributed by atoms with van der Waals surface area (Å²) < 4.78 is 5.79. The summed E-state index contributed by atoms with van der Waals surface area (Å²) in [5.41, 5.74) is 1.17. The van der Waals surface area contributed by atoms with Gasteiger partial charge < -0.3 is 9.42 Å². The summed E-state index contributed by atoms with van der Waals surface area (Å²) in [7, 11) is 3.34. The van der Waals surface area contributed by atoms with Crippen molar-refractivity contribution in [3.8, 4) is 11.3 Å². The van der Waals surface area contributed by atoms with Gasteiger partial charge >= 0.3 is 0 Å². The molecule has 0 atom stereocenters. The Kier molecular flexibility index (Phi) is 3.28. The van der Waals surface area contributed by atoms with Gasteiger partial charge in [-0.15, -0.1) is 0 Å². The van der Waals surface area contributed by atoms with Crippen LogP contribution in [0.15, 0.2) is 39.3 Å². The van der Waals surface area contributed by atoms with Crippen molar-refractivity contribution in [3.05, 3.63) is 40.5 Å². The molecule has 1 heterocycles. The summed E-state index contributed by atoms with van der Waals surface area (Å²) in [6.07, 6.45) is 0. The minimum absolute atomic E-state index is 0.192. The highest BCUT2D eigenvalue weighted by Crippen LogP contribution is 2.31. The van der Waals surface area contributed by atoms with E-state index in [-0.39, 0.29) is 11.6 Å². The lowest BCUT2D eigenvalue weighted by molar-refractivity contribution is 0.0817. The first-order valence-corrected chi connectivity index (χ1v) is 5.83. The predicted molar refractivity (Wildman–Crippen MR) is 67.7 cm³/mol. The average molecular weight is 295 g/mol. The third-order valence-corrected chi connectivity index (χ3v) is 3.02. The minimum atomic E-state index is -0.192. The molecule has 2 rings (SSSR count). The molecule has 0 aliphatic rings. The lowest BCUT2D eigenvalue weighted by atomic mass is 10.1. The van der Waals surface area contributed by atoms with Crippen molar-refractivity contribution in [2.24, 2.45) is 0 Å². The molecule has 17 heavy (non-hydrogen) atoms. The van der Waals surface area contributed by atoms with Gasteiger partial charge in [-0.05, 0) is 15.9 Å². The Morgan fingerprint density at radius 3 is 2.53 bits per heavy atom. The molecule has 0 N–H and O–H groups in total. The smallest absolute Gasteiger partial charge is 0.276 e. The van der Waals surface area contributed by atoms with E-state index in [4.69, 9.17) is 4.52 Å². The van der Waals surface area contributed by atoms with Crippen molar-refractivity contribution in [1.82, 2.24) is 10.1 Å². The normalized spacial score (nSPS) is 10.3. The third kappa shape index (κ3) is 2.24. The number of carbonyl (C=O) groups excluding carboxylic acids is 1. The maximum absolute atomic E-state index is 11.8. The van der Waals surface area contributed by atoms with E-state index in [1.165, 1.54) is 4.90 Å². The second-order valence-electron chi connectivity index (χ2n) is 3.74. The molecule has 0 aliphatic carbocycles. The largest absolute Gasteiger partial charge is 0.354 e. The molecule has 0 spiro atoms. The number of aromatic nitrogens is 1. The molecular formula is C12H11BrN2O2. The molecule has 2 aromatic rings. The van der Waals surface area contributed by atoms with Crippen LogP contribution < -0.4 is 0 Å². The molecule has 4 nitrogen and oxygen atoms in total. The molecule has 1 aromatic heterocycles. The maximum Gasteiger partial charge on any atom is 0.276 e. The molecule has 5 heteroatoms. The number of halogens is 1. The molecule has 0 bridgehead atoms. The van der Waals surface area contributed by atoms with Crippen LogP contribution in [0.25, 0.3) is 11.3 Å². The van der Waals surface area contributed by atoms with Crippen LogP contribution in [0.2, 0.25) is 0 Å². The molecule has 1 amide bonds. The van der Waals surface area contributed by atoms with Crippen molar-refractivity contribution >= 4 is 21.8 Å². The van der Waals surface area contributed by atoms with Crippen LogP contribution in [0, 0.1) is 0 Å². The quantitative estimate of drug-likeness (QED) is 0.856. The number of hydrogen-bond acceptors (Lipinski definition) is 3. The Labute approximate surface area is 107 Å². The number of hydrogen-bond donors (Lipinski definition) is 0. The summed E-state index contributed by atoms with van der Waals surface area (Å²) in [5.74, 6) is 0.374. The number of rotatable bonds is 2. The van der Waals surface area contributed by atoms with E-state index >= 15 is 0 Å². The van der Waals surface area contributed by atoms with Crippen LogP contribution in [0.3, 0.4) is 0 Å². The summed E-state index contributed by atoms with van der Waals surface area (Å²) in [5, 5.41) is 3.80. The van der Waals surface area contributed by atoms with Gasteiger partial charge in [-0.25, -0.2) is 0 Å². The summed E-state index contributed by atoms with van der Waals surface area (Å²) in [4.78, 5) is 13.2. The van der Waals surface area contributed by atoms with Crippen LogP contribution in [0.1, 0.15) is 10.5 Å². The van der Waals surface area contributed by atoms with Crippen molar-refractivity contribution in [3.63, 3.8) is 0 Å². The van der Waals surface area contributed by atoms with E-state index in [0.29, 0.717) is 10.2 Å². The number of amides is 1. The Balaban J connectivity index is 2.44. The van der Waals surface area contributed by atoms with Crippen molar-refractivity contribution in [2.75, 3.05) is 14.1 Å². The topological polar surface area (TPSA) is 46.3 Å². The van der Waals surface area contributed by atoms with Crippen LogP contribution in [0.4, 0.5) is 0 Å². The zero-order chi connectivity index (χ0) is 12.4. The van der Waals surface area contributed by atoms with Gasteiger partial charge in [0.25, 0.3) is 5.91 Å². The molecule has 0 fully saturated rings. The molecule has 0 unspecified atom stereocenters. The van der Waals surface area contributed by atoms with E-state index in [1.54, 1.807) is 14.1 Å². The van der Waals surface area contributed by atoms with E-state index < -0.39 is 0 Å². The molecule has 88 valence electrons. The molecule has 0 radical (unpaired) electrons. The van der Waals surface area contributed by atoms with Gasteiger partial charge in [-0.2, -0.15) is 0 Å². The second kappa shape index (κ2) is 4.71. The van der Waals surface area contributed by atoms with Gasteiger partial charge in [0.1, 0.15) is 0 Å². The number of nitrogens with zero attached hydrogens (tertiary/aromatic N) is 2. The first-order chi connectivity index (χ1) is 8.11. The maximum atomic E-state index is 11.8. The first kappa shape index (κ1) is 11.9. The van der Waals surface area contributed by atoms with E-state index in [9.17, 15) is 4.79 Å². The van der Waals surface area contributed by atoms with Crippen molar-refractivity contribution in [2.45, 2.75) is 0 Å². The lowest BCUT2D eigenvalue weighted by Gasteiger charge is -2.06. The molecule has 0 saturated carbocycles.